The number of fused-ring (bicyclic) bond motifs is 1. The number of anilines is 1. The standard InChI is InChI=1S/C25H29FN6O/c1-14-6-7-20(21(22(14)26)23-27-8-5-9-28-23)24(33)31-10-18-12-32(13-19(18)11-31)25-29-16(3)15(2)17(4)30-25/h5,7-9,14,18-19H,6,10-13H2,1-4H3. The number of aromatic nitrogens is 4. The van der Waals surface area contributed by atoms with Gasteiger partial charge in [-0.3, -0.25) is 4.79 Å². The van der Waals surface area contributed by atoms with E-state index >= 15 is 4.39 Å². The van der Waals surface area contributed by atoms with Crippen LogP contribution >= 0.6 is 0 Å². The third-order valence-electron chi connectivity index (χ3n) is 7.31. The molecule has 0 bridgehead atoms. The van der Waals surface area contributed by atoms with Gasteiger partial charge in [0.25, 0.3) is 5.91 Å². The van der Waals surface area contributed by atoms with Crippen LogP contribution in [0.1, 0.15) is 36.1 Å². The molecule has 7 nitrogen and oxygen atoms in total. The number of hydrogen-bond acceptors (Lipinski definition) is 6. The van der Waals surface area contributed by atoms with E-state index in [2.05, 4.69) is 14.9 Å². The van der Waals surface area contributed by atoms with Crippen LogP contribution in [0, 0.1) is 38.5 Å². The molecule has 8 heteroatoms. The van der Waals surface area contributed by atoms with Crippen molar-refractivity contribution in [2.24, 2.45) is 17.8 Å². The lowest BCUT2D eigenvalue weighted by atomic mass is 9.89. The Bertz CT molecular complexity index is 1120. The first-order valence-electron chi connectivity index (χ1n) is 11.6. The van der Waals surface area contributed by atoms with Gasteiger partial charge in [0.15, 0.2) is 5.82 Å². The quantitative estimate of drug-likeness (QED) is 0.716. The molecule has 1 aliphatic carbocycles. The molecule has 0 spiro atoms. The normalized spacial score (nSPS) is 24.9. The fourth-order valence-corrected chi connectivity index (χ4v) is 5.11. The molecule has 33 heavy (non-hydrogen) atoms. The average Bonchev–Trinajstić information content (AvgIpc) is 3.38. The summed E-state index contributed by atoms with van der Waals surface area (Å²) in [4.78, 5) is 35.5. The molecule has 0 saturated carbocycles. The highest BCUT2D eigenvalue weighted by Gasteiger charge is 2.44. The number of allylic oxidation sites excluding steroid dienone is 2. The van der Waals surface area contributed by atoms with E-state index in [4.69, 9.17) is 9.97 Å². The second-order valence-electron chi connectivity index (χ2n) is 9.50. The van der Waals surface area contributed by atoms with Gasteiger partial charge in [-0.25, -0.2) is 24.3 Å². The molecule has 4 heterocycles. The van der Waals surface area contributed by atoms with Gasteiger partial charge in [0.05, 0.1) is 5.57 Å². The van der Waals surface area contributed by atoms with Crippen molar-refractivity contribution in [3.63, 3.8) is 0 Å². The Morgan fingerprint density at radius 1 is 1.00 bits per heavy atom. The fraction of sp³-hybridized carbons (Fsp3) is 0.480. The van der Waals surface area contributed by atoms with Crippen molar-refractivity contribution < 1.29 is 9.18 Å². The van der Waals surface area contributed by atoms with E-state index in [1.54, 1.807) is 18.5 Å². The van der Waals surface area contributed by atoms with Crippen molar-refractivity contribution in [2.45, 2.75) is 34.1 Å². The van der Waals surface area contributed by atoms with Crippen molar-refractivity contribution in [1.29, 1.82) is 0 Å². The minimum Gasteiger partial charge on any atom is -0.340 e. The molecule has 1 amide bonds. The van der Waals surface area contributed by atoms with Gasteiger partial charge < -0.3 is 9.80 Å². The first kappa shape index (κ1) is 21.7. The Kier molecular flexibility index (Phi) is 5.46. The maximum atomic E-state index is 15.2. The smallest absolute Gasteiger partial charge is 0.254 e. The largest absolute Gasteiger partial charge is 0.340 e. The summed E-state index contributed by atoms with van der Waals surface area (Å²) in [5.74, 6) is 1.04. The Balaban J connectivity index is 1.32. The molecule has 172 valence electrons. The molecule has 0 aromatic carbocycles. The molecule has 0 N–H and O–H groups in total. The van der Waals surface area contributed by atoms with Crippen LogP contribution in [0.3, 0.4) is 0 Å². The van der Waals surface area contributed by atoms with Crippen molar-refractivity contribution in [3.05, 3.63) is 58.7 Å². The highest BCUT2D eigenvalue weighted by Crippen LogP contribution is 2.39. The van der Waals surface area contributed by atoms with E-state index in [0.29, 0.717) is 36.9 Å². The number of hydrogen-bond donors (Lipinski definition) is 0. The van der Waals surface area contributed by atoms with Gasteiger partial charge in [0.1, 0.15) is 5.83 Å². The molecule has 2 fully saturated rings. The van der Waals surface area contributed by atoms with Crippen molar-refractivity contribution in [3.8, 4) is 0 Å². The van der Waals surface area contributed by atoms with Crippen LogP contribution in [0.25, 0.3) is 5.57 Å². The minimum atomic E-state index is -0.306. The number of rotatable bonds is 3. The molecule has 2 aromatic rings. The predicted octanol–water partition coefficient (Wildman–Crippen LogP) is 3.43. The predicted molar refractivity (Wildman–Crippen MR) is 124 cm³/mol. The van der Waals surface area contributed by atoms with E-state index in [9.17, 15) is 4.79 Å². The first-order valence-corrected chi connectivity index (χ1v) is 11.6. The van der Waals surface area contributed by atoms with Gasteiger partial charge in [-0.05, 0) is 38.8 Å². The maximum absolute atomic E-state index is 15.2. The Labute approximate surface area is 193 Å². The maximum Gasteiger partial charge on any atom is 0.254 e. The molecular formula is C25H29FN6O. The fourth-order valence-electron chi connectivity index (χ4n) is 5.11. The number of nitrogens with zero attached hydrogens (tertiary/aromatic N) is 6. The average molecular weight is 449 g/mol. The Morgan fingerprint density at radius 2 is 1.61 bits per heavy atom. The third kappa shape index (κ3) is 3.81. The number of aryl methyl sites for hydroxylation is 2. The third-order valence-corrected chi connectivity index (χ3v) is 7.31. The molecule has 5 rings (SSSR count). The minimum absolute atomic E-state index is 0.126. The highest BCUT2D eigenvalue weighted by atomic mass is 19.1. The first-order chi connectivity index (χ1) is 15.8. The van der Waals surface area contributed by atoms with Gasteiger partial charge in [-0.15, -0.1) is 0 Å². The lowest BCUT2D eigenvalue weighted by molar-refractivity contribution is -0.126. The van der Waals surface area contributed by atoms with Crippen molar-refractivity contribution in [1.82, 2.24) is 24.8 Å². The van der Waals surface area contributed by atoms with Crippen LogP contribution in [-0.2, 0) is 4.79 Å². The van der Waals surface area contributed by atoms with Crippen LogP contribution in [0.15, 0.2) is 35.9 Å². The van der Waals surface area contributed by atoms with Crippen molar-refractivity contribution >= 4 is 17.4 Å². The van der Waals surface area contributed by atoms with E-state index in [1.807, 2.05) is 38.7 Å². The van der Waals surface area contributed by atoms with Crippen LogP contribution in [0.4, 0.5) is 10.3 Å². The van der Waals surface area contributed by atoms with Crippen LogP contribution in [0.5, 0.6) is 0 Å². The van der Waals surface area contributed by atoms with E-state index < -0.39 is 0 Å². The zero-order chi connectivity index (χ0) is 23.3. The van der Waals surface area contributed by atoms with Gasteiger partial charge in [-0.2, -0.15) is 0 Å². The lowest BCUT2D eigenvalue weighted by Crippen LogP contribution is -2.35. The van der Waals surface area contributed by atoms with E-state index in [1.165, 1.54) is 0 Å². The number of carbonyl (C=O) groups excluding carboxylic acids is 1. The summed E-state index contributed by atoms with van der Waals surface area (Å²) in [6.45, 7) is 10.9. The highest BCUT2D eigenvalue weighted by molar-refractivity contribution is 6.09. The molecule has 3 unspecified atom stereocenters. The summed E-state index contributed by atoms with van der Waals surface area (Å²) >= 11 is 0. The second kappa shape index (κ2) is 8.32. The number of carbonyl (C=O) groups is 1. The van der Waals surface area contributed by atoms with Crippen LogP contribution in [-0.4, -0.2) is 56.9 Å². The summed E-state index contributed by atoms with van der Waals surface area (Å²) in [5.41, 5.74) is 3.78. The zero-order valence-corrected chi connectivity index (χ0v) is 19.5. The van der Waals surface area contributed by atoms with Crippen LogP contribution < -0.4 is 4.90 Å². The molecule has 3 aliphatic rings. The molecule has 2 aromatic heterocycles. The van der Waals surface area contributed by atoms with E-state index in [-0.39, 0.29) is 29.0 Å². The SMILES string of the molecule is Cc1nc(N2CC3CN(C(=O)C4=CCC(C)C(F)=C4c4ncccn4)CC3C2)nc(C)c1C. The number of likely N-dealkylation sites (tertiary alicyclic amines) is 1. The number of halogens is 1. The van der Waals surface area contributed by atoms with Gasteiger partial charge >= 0.3 is 0 Å². The molecular weight excluding hydrogens is 419 g/mol. The zero-order valence-electron chi connectivity index (χ0n) is 19.5. The van der Waals surface area contributed by atoms with E-state index in [0.717, 1.165) is 36.0 Å². The molecule has 3 atom stereocenters. The summed E-state index contributed by atoms with van der Waals surface area (Å²) in [6, 6.07) is 1.69. The van der Waals surface area contributed by atoms with Gasteiger partial charge in [0.2, 0.25) is 5.95 Å². The van der Waals surface area contributed by atoms with Crippen molar-refractivity contribution in [2.75, 3.05) is 31.1 Å². The van der Waals surface area contributed by atoms with Gasteiger partial charge in [-0.1, -0.05) is 13.0 Å². The molecule has 2 saturated heterocycles. The Morgan fingerprint density at radius 3 is 2.21 bits per heavy atom. The topological polar surface area (TPSA) is 75.1 Å². The monoisotopic (exact) mass is 448 g/mol. The second-order valence-corrected chi connectivity index (χ2v) is 9.50. The van der Waals surface area contributed by atoms with Gasteiger partial charge in [0, 0.05) is 73.3 Å². The lowest BCUT2D eigenvalue weighted by Gasteiger charge is -2.26. The summed E-state index contributed by atoms with van der Waals surface area (Å²) < 4.78 is 15.2. The molecule has 2 aliphatic heterocycles. The Hall–Kier alpha value is -3.16. The van der Waals surface area contributed by atoms with Crippen LogP contribution in [0.2, 0.25) is 0 Å². The molecule has 0 radical (unpaired) electrons. The summed E-state index contributed by atoms with van der Waals surface area (Å²) in [5, 5.41) is 0. The summed E-state index contributed by atoms with van der Waals surface area (Å²) in [6.07, 6.45) is 5.51. The number of amides is 1. The summed E-state index contributed by atoms with van der Waals surface area (Å²) in [7, 11) is 0.